The number of rotatable bonds is 6. The van der Waals surface area contributed by atoms with Gasteiger partial charge >= 0.3 is 0 Å². The van der Waals surface area contributed by atoms with Crippen LogP contribution in [0.25, 0.3) is 16.3 Å². The van der Waals surface area contributed by atoms with Gasteiger partial charge in [0, 0.05) is 6.54 Å². The third kappa shape index (κ3) is 4.12. The first kappa shape index (κ1) is 19.5. The van der Waals surface area contributed by atoms with Crippen LogP contribution in [0.15, 0.2) is 48.5 Å². The number of hydrogen-bond donors (Lipinski definition) is 0. The van der Waals surface area contributed by atoms with Crippen molar-refractivity contribution < 1.29 is 14.3 Å². The van der Waals surface area contributed by atoms with Gasteiger partial charge in [-0.15, -0.1) is 11.3 Å². The maximum atomic E-state index is 12.9. The molecule has 6 heteroatoms. The zero-order valence-corrected chi connectivity index (χ0v) is 17.4. The van der Waals surface area contributed by atoms with Crippen molar-refractivity contribution >= 4 is 33.5 Å². The average Bonchev–Trinajstić information content (AvgIpc) is 3.39. The van der Waals surface area contributed by atoms with E-state index in [4.69, 9.17) is 14.5 Å². The lowest BCUT2D eigenvalue weighted by molar-refractivity contribution is -0.134. The molecule has 1 amide bonds. The first-order chi connectivity index (χ1) is 14.2. The molecule has 1 fully saturated rings. The molecule has 1 aliphatic heterocycles. The fourth-order valence-corrected chi connectivity index (χ4v) is 4.79. The smallest absolute Gasteiger partial charge is 0.261 e. The van der Waals surface area contributed by atoms with Gasteiger partial charge in [0.2, 0.25) is 0 Å². The third-order valence-electron chi connectivity index (χ3n) is 5.07. The predicted molar refractivity (Wildman–Crippen MR) is 117 cm³/mol. The summed E-state index contributed by atoms with van der Waals surface area (Å²) in [4.78, 5) is 19.6. The molecular formula is C23H24N2O3S. The Balaban J connectivity index is 1.46. The highest BCUT2D eigenvalue weighted by atomic mass is 32.1. The topological polar surface area (TPSA) is 51.7 Å². The number of fused-ring (bicyclic) bond motifs is 1. The number of allylic oxidation sites excluding steroid dienone is 1. The van der Waals surface area contributed by atoms with Crippen LogP contribution in [0, 0.1) is 0 Å². The molecule has 1 aromatic heterocycles. The summed E-state index contributed by atoms with van der Waals surface area (Å²) in [6.07, 6.45) is 5.87. The monoisotopic (exact) mass is 408 g/mol. The predicted octanol–water partition coefficient (Wildman–Crippen LogP) is 5.08. The van der Waals surface area contributed by atoms with E-state index in [-0.39, 0.29) is 18.6 Å². The van der Waals surface area contributed by atoms with Gasteiger partial charge in [-0.25, -0.2) is 4.98 Å². The Kier molecular flexibility index (Phi) is 5.81. The van der Waals surface area contributed by atoms with Gasteiger partial charge in [0.1, 0.15) is 5.01 Å². The van der Waals surface area contributed by atoms with Crippen molar-refractivity contribution in [2.24, 2.45) is 0 Å². The van der Waals surface area contributed by atoms with E-state index >= 15 is 0 Å². The minimum atomic E-state index is -0.0219. The standard InChI is InChI=1S/C23H24N2O3S/c1-3-7-16-11-12-19(20(14-16)27-2)28-15-22(26)25-13-6-9-18(25)23-24-17-8-4-5-10-21(17)29-23/h3-5,7-8,10-12,14,18H,6,9,13,15H2,1-2H3. The van der Waals surface area contributed by atoms with E-state index in [0.717, 1.165) is 40.2 Å². The van der Waals surface area contributed by atoms with Crippen LogP contribution in [0.2, 0.25) is 0 Å². The fourth-order valence-electron chi connectivity index (χ4n) is 3.68. The fraction of sp³-hybridized carbons (Fsp3) is 0.304. The number of methoxy groups -OCH3 is 1. The van der Waals surface area contributed by atoms with Gasteiger partial charge in [0.15, 0.2) is 18.1 Å². The molecule has 1 saturated heterocycles. The summed E-state index contributed by atoms with van der Waals surface area (Å²) in [5.74, 6) is 1.17. The van der Waals surface area contributed by atoms with Gasteiger partial charge in [-0.3, -0.25) is 4.79 Å². The van der Waals surface area contributed by atoms with Crippen LogP contribution >= 0.6 is 11.3 Å². The van der Waals surface area contributed by atoms with Crippen LogP contribution in [-0.4, -0.2) is 36.1 Å². The minimum absolute atomic E-state index is 0.0132. The number of benzene rings is 2. The number of thiazole rings is 1. The number of para-hydroxylation sites is 1. The highest BCUT2D eigenvalue weighted by Gasteiger charge is 2.32. The first-order valence-electron chi connectivity index (χ1n) is 9.78. The van der Waals surface area contributed by atoms with E-state index in [9.17, 15) is 4.79 Å². The van der Waals surface area contributed by atoms with E-state index in [2.05, 4.69) is 6.07 Å². The molecule has 0 N–H and O–H groups in total. The highest BCUT2D eigenvalue weighted by molar-refractivity contribution is 7.18. The SMILES string of the molecule is CC=Cc1ccc(OCC(=O)N2CCCC2c2nc3ccccc3s2)c(OC)c1. The van der Waals surface area contributed by atoms with Gasteiger partial charge in [0.25, 0.3) is 5.91 Å². The van der Waals surface area contributed by atoms with E-state index in [1.165, 1.54) is 0 Å². The zero-order chi connectivity index (χ0) is 20.2. The van der Waals surface area contributed by atoms with Crippen molar-refractivity contribution in [2.45, 2.75) is 25.8 Å². The summed E-state index contributed by atoms with van der Waals surface area (Å²) in [5, 5.41) is 1.00. The molecule has 0 saturated carbocycles. The maximum absolute atomic E-state index is 12.9. The Labute approximate surface area is 174 Å². The van der Waals surface area contributed by atoms with Crippen LogP contribution in [0.1, 0.15) is 36.4 Å². The molecule has 1 unspecified atom stereocenters. The third-order valence-corrected chi connectivity index (χ3v) is 6.20. The van der Waals surface area contributed by atoms with E-state index < -0.39 is 0 Å². The molecule has 0 spiro atoms. The van der Waals surface area contributed by atoms with Crippen LogP contribution < -0.4 is 9.47 Å². The van der Waals surface area contributed by atoms with Crippen molar-refractivity contribution in [2.75, 3.05) is 20.3 Å². The van der Waals surface area contributed by atoms with Crippen LogP contribution in [-0.2, 0) is 4.79 Å². The normalized spacial score (nSPS) is 16.6. The molecule has 3 aromatic rings. The van der Waals surface area contributed by atoms with Crippen molar-refractivity contribution in [3.8, 4) is 11.5 Å². The number of carbonyl (C=O) groups is 1. The van der Waals surface area contributed by atoms with Gasteiger partial charge in [-0.2, -0.15) is 0 Å². The second kappa shape index (κ2) is 8.66. The van der Waals surface area contributed by atoms with Crippen LogP contribution in [0.3, 0.4) is 0 Å². The van der Waals surface area contributed by atoms with E-state index in [1.54, 1.807) is 18.4 Å². The van der Waals surface area contributed by atoms with Gasteiger partial charge in [0.05, 0.1) is 23.4 Å². The molecule has 5 nitrogen and oxygen atoms in total. The Bertz CT molecular complexity index is 1010. The number of aromatic nitrogens is 1. The molecule has 4 rings (SSSR count). The molecule has 0 radical (unpaired) electrons. The Morgan fingerprint density at radius 2 is 2.14 bits per heavy atom. The number of hydrogen-bond acceptors (Lipinski definition) is 5. The number of carbonyl (C=O) groups excluding carboxylic acids is 1. The first-order valence-corrected chi connectivity index (χ1v) is 10.6. The van der Waals surface area contributed by atoms with Gasteiger partial charge < -0.3 is 14.4 Å². The van der Waals surface area contributed by atoms with Gasteiger partial charge in [-0.1, -0.05) is 30.4 Å². The molecular weight excluding hydrogens is 384 g/mol. The van der Waals surface area contributed by atoms with Crippen molar-refractivity contribution in [1.29, 1.82) is 0 Å². The maximum Gasteiger partial charge on any atom is 0.261 e. The van der Waals surface area contributed by atoms with E-state index in [1.807, 2.05) is 60.4 Å². The number of ether oxygens (including phenoxy) is 2. The lowest BCUT2D eigenvalue weighted by Gasteiger charge is -2.23. The summed E-state index contributed by atoms with van der Waals surface area (Å²) in [6, 6.07) is 13.8. The second-order valence-electron chi connectivity index (χ2n) is 6.96. The lowest BCUT2D eigenvalue weighted by atomic mass is 10.2. The average molecular weight is 409 g/mol. The Morgan fingerprint density at radius 1 is 1.28 bits per heavy atom. The summed E-state index contributed by atoms with van der Waals surface area (Å²) in [7, 11) is 1.60. The summed E-state index contributed by atoms with van der Waals surface area (Å²) < 4.78 is 12.4. The minimum Gasteiger partial charge on any atom is -0.493 e. The van der Waals surface area contributed by atoms with Crippen LogP contribution in [0.4, 0.5) is 0 Å². The Hall–Kier alpha value is -2.86. The molecule has 2 aromatic carbocycles. The highest BCUT2D eigenvalue weighted by Crippen LogP contribution is 2.36. The molecule has 2 heterocycles. The molecule has 0 bridgehead atoms. The summed E-state index contributed by atoms with van der Waals surface area (Å²) >= 11 is 1.67. The van der Waals surface area contributed by atoms with Crippen molar-refractivity contribution in [3.05, 3.63) is 59.1 Å². The molecule has 29 heavy (non-hydrogen) atoms. The Morgan fingerprint density at radius 3 is 2.93 bits per heavy atom. The quantitative estimate of drug-likeness (QED) is 0.571. The number of nitrogens with zero attached hydrogens (tertiary/aromatic N) is 2. The largest absolute Gasteiger partial charge is 0.493 e. The van der Waals surface area contributed by atoms with Gasteiger partial charge in [-0.05, 0) is 49.6 Å². The number of likely N-dealkylation sites (tertiary alicyclic amines) is 1. The van der Waals surface area contributed by atoms with E-state index in [0.29, 0.717) is 11.5 Å². The number of amides is 1. The zero-order valence-electron chi connectivity index (χ0n) is 16.6. The molecule has 150 valence electrons. The lowest BCUT2D eigenvalue weighted by Crippen LogP contribution is -2.34. The molecule has 1 aliphatic rings. The van der Waals surface area contributed by atoms with Crippen molar-refractivity contribution in [3.63, 3.8) is 0 Å². The van der Waals surface area contributed by atoms with Crippen LogP contribution in [0.5, 0.6) is 11.5 Å². The van der Waals surface area contributed by atoms with Crippen molar-refractivity contribution in [1.82, 2.24) is 9.88 Å². The molecule has 0 aliphatic carbocycles. The second-order valence-corrected chi connectivity index (χ2v) is 8.03. The summed E-state index contributed by atoms with van der Waals surface area (Å²) in [6.45, 7) is 2.69. The molecule has 1 atom stereocenters. The summed E-state index contributed by atoms with van der Waals surface area (Å²) in [5.41, 5.74) is 2.02.